The molecule has 4 heterocycles. The number of hydrogen-bond acceptors (Lipinski definition) is 7. The number of pyridine rings is 2. The van der Waals surface area contributed by atoms with Gasteiger partial charge in [0.2, 0.25) is 5.88 Å². The Labute approximate surface area is 200 Å². The van der Waals surface area contributed by atoms with Crippen LogP contribution in [0.15, 0.2) is 36.9 Å². The third-order valence-electron chi connectivity index (χ3n) is 5.93. The summed E-state index contributed by atoms with van der Waals surface area (Å²) in [7, 11) is 1.84. The molecular formula is C24H25FN8O2. The largest absolute Gasteiger partial charge is 0.474 e. The summed E-state index contributed by atoms with van der Waals surface area (Å²) in [4.78, 5) is 20.9. The molecule has 0 unspecified atom stereocenters. The first-order valence-electron chi connectivity index (χ1n) is 11.2. The lowest BCUT2D eigenvalue weighted by molar-refractivity contribution is 0.252. The lowest BCUT2D eigenvalue weighted by Gasteiger charge is -2.22. The maximum atomic E-state index is 15.3. The first-order valence-corrected chi connectivity index (χ1v) is 11.2. The number of aryl methyl sites for hydroxylation is 1. The summed E-state index contributed by atoms with van der Waals surface area (Å²) < 4.78 is 22.6. The first-order chi connectivity index (χ1) is 16.9. The number of carbonyl (C=O) groups is 1. The molecule has 11 heteroatoms. The van der Waals surface area contributed by atoms with Crippen molar-refractivity contribution in [2.24, 2.45) is 7.05 Å². The number of amides is 2. The molecule has 4 aromatic rings. The number of hydrogen-bond donors (Lipinski definition) is 4. The van der Waals surface area contributed by atoms with E-state index in [0.29, 0.717) is 59.7 Å². The molecule has 1 aliphatic heterocycles. The Morgan fingerprint density at radius 3 is 2.91 bits per heavy atom. The zero-order valence-electron chi connectivity index (χ0n) is 19.4. The van der Waals surface area contributed by atoms with Crippen molar-refractivity contribution >= 4 is 34.0 Å². The van der Waals surface area contributed by atoms with E-state index in [0.717, 1.165) is 16.8 Å². The van der Waals surface area contributed by atoms with Crippen molar-refractivity contribution in [3.63, 3.8) is 0 Å². The second-order valence-corrected chi connectivity index (χ2v) is 8.35. The predicted molar refractivity (Wildman–Crippen MR) is 132 cm³/mol. The minimum atomic E-state index is -0.547. The molecule has 0 bridgehead atoms. The number of nitrogens with two attached hydrogens (primary N) is 1. The minimum absolute atomic E-state index is 0.0150. The number of aromatic nitrogens is 4. The number of urea groups is 1. The summed E-state index contributed by atoms with van der Waals surface area (Å²) >= 11 is 0. The molecular weight excluding hydrogens is 451 g/mol. The molecule has 0 saturated heterocycles. The van der Waals surface area contributed by atoms with Gasteiger partial charge in [-0.25, -0.2) is 19.2 Å². The second kappa shape index (κ2) is 9.09. The predicted octanol–water partition coefficient (Wildman–Crippen LogP) is 3.23. The average Bonchev–Trinajstić information content (AvgIpc) is 3.27. The summed E-state index contributed by atoms with van der Waals surface area (Å²) in [6.07, 6.45) is 7.35. The SMILES string of the molecule is Cc1c(-c2cc3cc(NC(=O)NCCc4cnn(C)c4)ncc3c(N)c2F)cnc2c1NCCO2. The van der Waals surface area contributed by atoms with Crippen molar-refractivity contribution in [3.05, 3.63) is 53.9 Å². The van der Waals surface area contributed by atoms with Gasteiger partial charge in [0.25, 0.3) is 0 Å². The van der Waals surface area contributed by atoms with Gasteiger partial charge in [0.15, 0.2) is 5.82 Å². The highest BCUT2D eigenvalue weighted by Gasteiger charge is 2.21. The van der Waals surface area contributed by atoms with Crippen molar-refractivity contribution in [2.75, 3.05) is 36.1 Å². The van der Waals surface area contributed by atoms with Crippen molar-refractivity contribution in [1.82, 2.24) is 25.1 Å². The van der Waals surface area contributed by atoms with Crippen LogP contribution in [-0.4, -0.2) is 45.5 Å². The van der Waals surface area contributed by atoms with Crippen LogP contribution in [0.2, 0.25) is 0 Å². The van der Waals surface area contributed by atoms with E-state index in [9.17, 15) is 4.79 Å². The number of halogens is 1. The van der Waals surface area contributed by atoms with Gasteiger partial charge < -0.3 is 21.1 Å². The van der Waals surface area contributed by atoms with Crippen molar-refractivity contribution in [3.8, 4) is 17.0 Å². The van der Waals surface area contributed by atoms with Gasteiger partial charge in [0, 0.05) is 55.2 Å². The fraction of sp³-hybridized carbons (Fsp3) is 0.250. The highest BCUT2D eigenvalue weighted by Crippen LogP contribution is 2.39. The quantitative estimate of drug-likeness (QED) is 0.325. The number of ether oxygens (including phenoxy) is 1. The second-order valence-electron chi connectivity index (χ2n) is 8.35. The Hall–Kier alpha value is -4.41. The molecule has 2 amide bonds. The molecule has 5 rings (SSSR count). The third kappa shape index (κ3) is 4.39. The van der Waals surface area contributed by atoms with Crippen LogP contribution >= 0.6 is 0 Å². The number of rotatable bonds is 5. The Morgan fingerprint density at radius 1 is 1.26 bits per heavy atom. The molecule has 0 saturated carbocycles. The third-order valence-corrected chi connectivity index (χ3v) is 5.93. The lowest BCUT2D eigenvalue weighted by atomic mass is 9.97. The van der Waals surface area contributed by atoms with E-state index >= 15 is 4.39 Å². The van der Waals surface area contributed by atoms with Crippen LogP contribution in [-0.2, 0) is 13.5 Å². The van der Waals surface area contributed by atoms with Crippen LogP contribution < -0.4 is 26.4 Å². The Kier molecular flexibility index (Phi) is 5.81. The maximum Gasteiger partial charge on any atom is 0.320 e. The number of nitrogens with one attached hydrogen (secondary N) is 3. The zero-order valence-corrected chi connectivity index (χ0v) is 19.4. The van der Waals surface area contributed by atoms with E-state index in [1.807, 2.05) is 20.2 Å². The van der Waals surface area contributed by atoms with Crippen LogP contribution in [0, 0.1) is 12.7 Å². The van der Waals surface area contributed by atoms with Gasteiger partial charge in [0.05, 0.1) is 11.9 Å². The van der Waals surface area contributed by atoms with Gasteiger partial charge in [0.1, 0.15) is 18.1 Å². The van der Waals surface area contributed by atoms with E-state index in [2.05, 4.69) is 31.0 Å². The van der Waals surface area contributed by atoms with Gasteiger partial charge >= 0.3 is 6.03 Å². The van der Waals surface area contributed by atoms with E-state index in [1.54, 1.807) is 29.2 Å². The van der Waals surface area contributed by atoms with Gasteiger partial charge in [-0.15, -0.1) is 0 Å². The van der Waals surface area contributed by atoms with Crippen LogP contribution in [0.3, 0.4) is 0 Å². The summed E-state index contributed by atoms with van der Waals surface area (Å²) in [6, 6.07) is 2.96. The highest BCUT2D eigenvalue weighted by atomic mass is 19.1. The Morgan fingerprint density at radius 2 is 2.11 bits per heavy atom. The monoisotopic (exact) mass is 476 g/mol. The molecule has 35 heavy (non-hydrogen) atoms. The highest BCUT2D eigenvalue weighted by molar-refractivity contribution is 6.00. The van der Waals surface area contributed by atoms with E-state index in [4.69, 9.17) is 10.5 Å². The molecule has 0 aliphatic carbocycles. The fourth-order valence-corrected chi connectivity index (χ4v) is 4.14. The Bertz CT molecular complexity index is 1440. The molecule has 1 aliphatic rings. The number of carbonyl (C=O) groups excluding carboxylic acids is 1. The van der Waals surface area contributed by atoms with E-state index in [1.165, 1.54) is 6.20 Å². The van der Waals surface area contributed by atoms with Gasteiger partial charge in [-0.05, 0) is 42.0 Å². The Balaban J connectivity index is 1.39. The van der Waals surface area contributed by atoms with Crippen LogP contribution in [0.25, 0.3) is 21.9 Å². The first kappa shape index (κ1) is 22.4. The summed E-state index contributed by atoms with van der Waals surface area (Å²) in [6.45, 7) is 3.49. The molecule has 10 nitrogen and oxygen atoms in total. The summed E-state index contributed by atoms with van der Waals surface area (Å²) in [5, 5.41) is 14.0. The number of benzene rings is 1. The van der Waals surface area contributed by atoms with Crippen LogP contribution in [0.4, 0.5) is 26.4 Å². The maximum absolute atomic E-state index is 15.3. The van der Waals surface area contributed by atoms with Crippen molar-refractivity contribution in [2.45, 2.75) is 13.3 Å². The molecule has 3 aromatic heterocycles. The molecule has 5 N–H and O–H groups in total. The fourth-order valence-electron chi connectivity index (χ4n) is 4.14. The number of fused-ring (bicyclic) bond motifs is 2. The molecule has 0 fully saturated rings. The number of nitrogen functional groups attached to an aromatic ring is 1. The van der Waals surface area contributed by atoms with Crippen LogP contribution in [0.1, 0.15) is 11.1 Å². The average molecular weight is 477 g/mol. The molecule has 0 radical (unpaired) electrons. The van der Waals surface area contributed by atoms with E-state index in [-0.39, 0.29) is 5.69 Å². The number of nitrogens with zero attached hydrogens (tertiary/aromatic N) is 4. The lowest BCUT2D eigenvalue weighted by Crippen LogP contribution is -2.30. The summed E-state index contributed by atoms with van der Waals surface area (Å²) in [5.74, 6) is 0.273. The normalized spacial score (nSPS) is 12.5. The smallest absolute Gasteiger partial charge is 0.320 e. The van der Waals surface area contributed by atoms with Gasteiger partial charge in [-0.1, -0.05) is 0 Å². The summed E-state index contributed by atoms with van der Waals surface area (Å²) in [5.41, 5.74) is 9.62. The van der Waals surface area contributed by atoms with Gasteiger partial charge in [-0.3, -0.25) is 10.00 Å². The molecule has 1 aromatic carbocycles. The standard InChI is InChI=1S/C24H25FN8O2/c1-13-17(10-30-23-22(13)27-5-6-35-23)16-7-15-8-19(29-11-18(15)21(26)20(16)25)32-24(34)28-4-3-14-9-31-33(2)12-14/h7-12,27H,3-6,26H2,1-2H3,(H2,28,29,32,34). The van der Waals surface area contributed by atoms with E-state index < -0.39 is 11.8 Å². The van der Waals surface area contributed by atoms with Crippen molar-refractivity contribution in [1.29, 1.82) is 0 Å². The zero-order chi connectivity index (χ0) is 24.5. The van der Waals surface area contributed by atoms with Crippen LogP contribution in [0.5, 0.6) is 5.88 Å². The van der Waals surface area contributed by atoms with Crippen molar-refractivity contribution < 1.29 is 13.9 Å². The molecule has 0 spiro atoms. The molecule has 180 valence electrons. The topological polar surface area (TPSA) is 132 Å². The number of anilines is 3. The van der Waals surface area contributed by atoms with Gasteiger partial charge in [-0.2, -0.15) is 5.10 Å². The minimum Gasteiger partial charge on any atom is -0.474 e. The molecule has 0 atom stereocenters.